The van der Waals surface area contributed by atoms with Gasteiger partial charge in [0.25, 0.3) is 0 Å². The average Bonchev–Trinajstić information content (AvgIpc) is 1.63. The monoisotopic (exact) mass is 168 g/mol. The number of aliphatic carboxylic acids is 1. The summed E-state index contributed by atoms with van der Waals surface area (Å²) in [5, 5.41) is 8.10. The molecular formula is C4H12N2O5. The molecule has 0 fully saturated rings. The maximum absolute atomic E-state index is 9.99. The summed E-state index contributed by atoms with van der Waals surface area (Å²) in [6.07, 6.45) is -0.310. The van der Waals surface area contributed by atoms with Crippen LogP contribution in [0.1, 0.15) is 6.42 Å². The van der Waals surface area contributed by atoms with Gasteiger partial charge in [0, 0.05) is 0 Å². The second kappa shape index (κ2) is 6.93. The maximum atomic E-state index is 9.99. The summed E-state index contributed by atoms with van der Waals surface area (Å²) in [6, 6.07) is -1.16. The number of hydrogen-bond acceptors (Lipinski definition) is 3. The third-order valence-corrected chi connectivity index (χ3v) is 0.738. The molecule has 0 aromatic rings. The number of amides is 1. The van der Waals surface area contributed by atoms with Gasteiger partial charge in [-0.05, 0) is 0 Å². The lowest BCUT2D eigenvalue weighted by molar-refractivity contribution is -0.140. The highest BCUT2D eigenvalue weighted by atomic mass is 16.4. The Morgan fingerprint density at radius 2 is 1.73 bits per heavy atom. The zero-order chi connectivity index (χ0) is 7.44. The van der Waals surface area contributed by atoms with Gasteiger partial charge in [0.15, 0.2) is 0 Å². The number of carbonyl (C=O) groups excluding carboxylic acids is 1. The second-order valence-corrected chi connectivity index (χ2v) is 1.62. The van der Waals surface area contributed by atoms with Crippen molar-refractivity contribution in [3.63, 3.8) is 0 Å². The fourth-order valence-electron chi connectivity index (χ4n) is 0.304. The van der Waals surface area contributed by atoms with Gasteiger partial charge in [-0.1, -0.05) is 0 Å². The Hall–Kier alpha value is -1.18. The first-order valence-electron chi connectivity index (χ1n) is 2.30. The molecule has 1 amide bonds. The number of primary amides is 1. The van der Waals surface area contributed by atoms with Crippen LogP contribution >= 0.6 is 0 Å². The number of carboxylic acid groups (broad SMARTS) is 1. The molecule has 1 unspecified atom stereocenters. The SMILES string of the molecule is NC(=O)CC(N)C(=O)O.O.O. The van der Waals surface area contributed by atoms with E-state index in [1.54, 1.807) is 0 Å². The molecule has 0 aliphatic carbocycles. The van der Waals surface area contributed by atoms with E-state index in [2.05, 4.69) is 5.73 Å². The molecule has 0 spiro atoms. The molecule has 0 aromatic carbocycles. The second-order valence-electron chi connectivity index (χ2n) is 1.62. The third-order valence-electron chi connectivity index (χ3n) is 0.738. The minimum absolute atomic E-state index is 0. The zero-order valence-electron chi connectivity index (χ0n) is 5.70. The molecule has 0 saturated carbocycles. The van der Waals surface area contributed by atoms with Crippen LogP contribution in [0.2, 0.25) is 0 Å². The Bertz CT molecular complexity index is 136. The average molecular weight is 168 g/mol. The van der Waals surface area contributed by atoms with Gasteiger partial charge in [-0.2, -0.15) is 0 Å². The highest BCUT2D eigenvalue weighted by Gasteiger charge is 2.13. The first-order valence-corrected chi connectivity index (χ1v) is 2.30. The molecule has 0 rings (SSSR count). The van der Waals surface area contributed by atoms with E-state index in [0.717, 1.165) is 0 Å². The van der Waals surface area contributed by atoms with Crippen LogP contribution < -0.4 is 11.5 Å². The van der Waals surface area contributed by atoms with E-state index in [1.165, 1.54) is 0 Å². The Kier molecular flexibility index (Phi) is 10.4. The van der Waals surface area contributed by atoms with E-state index < -0.39 is 17.9 Å². The molecule has 0 aromatic heterocycles. The summed E-state index contributed by atoms with van der Waals surface area (Å²) in [4.78, 5) is 19.9. The Morgan fingerprint density at radius 1 is 1.36 bits per heavy atom. The van der Waals surface area contributed by atoms with Crippen molar-refractivity contribution in [3.05, 3.63) is 0 Å². The van der Waals surface area contributed by atoms with E-state index in [0.29, 0.717) is 0 Å². The maximum Gasteiger partial charge on any atom is 0.321 e. The predicted molar refractivity (Wildman–Crippen MR) is 36.7 cm³/mol. The smallest absolute Gasteiger partial charge is 0.321 e. The quantitative estimate of drug-likeness (QED) is 0.399. The van der Waals surface area contributed by atoms with Crippen LogP contribution in [0.25, 0.3) is 0 Å². The standard InChI is InChI=1S/C4H8N2O3.2H2O/c5-2(4(8)9)1-3(6)7;;/h2H,1,5H2,(H2,6,7)(H,8,9);2*1H2. The number of hydrogen-bond donors (Lipinski definition) is 3. The number of carbonyl (C=O) groups is 2. The van der Waals surface area contributed by atoms with Crippen LogP contribution in [-0.4, -0.2) is 34.0 Å². The van der Waals surface area contributed by atoms with E-state index >= 15 is 0 Å². The van der Waals surface area contributed by atoms with Crippen molar-refractivity contribution in [2.45, 2.75) is 12.5 Å². The van der Waals surface area contributed by atoms with Crippen molar-refractivity contribution >= 4 is 11.9 Å². The van der Waals surface area contributed by atoms with Crippen LogP contribution in [0.4, 0.5) is 0 Å². The van der Waals surface area contributed by atoms with Gasteiger partial charge in [0.05, 0.1) is 6.42 Å². The topological polar surface area (TPSA) is 169 Å². The summed E-state index contributed by atoms with van der Waals surface area (Å²) in [6.45, 7) is 0. The van der Waals surface area contributed by atoms with Crippen molar-refractivity contribution in [2.75, 3.05) is 0 Å². The van der Waals surface area contributed by atoms with Crippen molar-refractivity contribution in [1.29, 1.82) is 0 Å². The van der Waals surface area contributed by atoms with Crippen molar-refractivity contribution in [3.8, 4) is 0 Å². The molecule has 1 atom stereocenters. The minimum atomic E-state index is -1.21. The van der Waals surface area contributed by atoms with Gasteiger partial charge < -0.3 is 27.5 Å². The number of nitrogens with two attached hydrogens (primary N) is 2. The normalized spacial score (nSPS) is 10.3. The van der Waals surface area contributed by atoms with Gasteiger partial charge in [-0.3, -0.25) is 9.59 Å². The molecular weight excluding hydrogens is 156 g/mol. The first-order chi connectivity index (χ1) is 4.04. The largest absolute Gasteiger partial charge is 0.480 e. The molecule has 0 aliphatic heterocycles. The van der Waals surface area contributed by atoms with Gasteiger partial charge in [-0.25, -0.2) is 0 Å². The Labute approximate surface area is 62.6 Å². The lowest BCUT2D eigenvalue weighted by Crippen LogP contribution is -2.34. The third kappa shape index (κ3) is 8.82. The molecule has 9 N–H and O–H groups in total. The molecule has 0 heterocycles. The van der Waals surface area contributed by atoms with Crippen LogP contribution in [0, 0.1) is 0 Å². The first kappa shape index (κ1) is 16.4. The van der Waals surface area contributed by atoms with Gasteiger partial charge in [0.1, 0.15) is 6.04 Å². The van der Waals surface area contributed by atoms with E-state index in [1.807, 2.05) is 0 Å². The molecule has 0 aliphatic rings. The number of rotatable bonds is 3. The molecule has 11 heavy (non-hydrogen) atoms. The zero-order valence-corrected chi connectivity index (χ0v) is 5.70. The summed E-state index contributed by atoms with van der Waals surface area (Å²) in [5.41, 5.74) is 9.57. The summed E-state index contributed by atoms with van der Waals surface area (Å²) < 4.78 is 0. The molecule has 7 heteroatoms. The predicted octanol–water partition coefficient (Wildman–Crippen LogP) is -3.38. The highest BCUT2D eigenvalue weighted by molar-refractivity contribution is 5.82. The van der Waals surface area contributed by atoms with Crippen molar-refractivity contribution in [2.24, 2.45) is 11.5 Å². The Balaban J connectivity index is -0.000000320. The summed E-state index contributed by atoms with van der Waals surface area (Å²) in [5.74, 6) is -1.92. The van der Waals surface area contributed by atoms with Gasteiger partial charge in [0.2, 0.25) is 5.91 Å². The van der Waals surface area contributed by atoms with Crippen LogP contribution in [-0.2, 0) is 9.59 Å². The van der Waals surface area contributed by atoms with Crippen molar-refractivity contribution in [1.82, 2.24) is 0 Å². The summed E-state index contributed by atoms with van der Waals surface area (Å²) >= 11 is 0. The fraction of sp³-hybridized carbons (Fsp3) is 0.500. The van der Waals surface area contributed by atoms with E-state index in [9.17, 15) is 9.59 Å². The molecule has 0 bridgehead atoms. The van der Waals surface area contributed by atoms with Gasteiger partial charge in [-0.15, -0.1) is 0 Å². The van der Waals surface area contributed by atoms with Crippen LogP contribution in [0.5, 0.6) is 0 Å². The molecule has 0 radical (unpaired) electrons. The minimum Gasteiger partial charge on any atom is -0.480 e. The van der Waals surface area contributed by atoms with Gasteiger partial charge >= 0.3 is 5.97 Å². The lowest BCUT2D eigenvalue weighted by Gasteiger charge is -1.99. The molecule has 0 saturated heterocycles. The molecule has 68 valence electrons. The lowest BCUT2D eigenvalue weighted by atomic mass is 10.2. The fourth-order valence-corrected chi connectivity index (χ4v) is 0.304. The molecule has 7 nitrogen and oxygen atoms in total. The van der Waals surface area contributed by atoms with Crippen LogP contribution in [0.15, 0.2) is 0 Å². The van der Waals surface area contributed by atoms with E-state index in [4.69, 9.17) is 10.8 Å². The number of carboxylic acids is 1. The Morgan fingerprint density at radius 3 is 1.82 bits per heavy atom. The highest BCUT2D eigenvalue weighted by Crippen LogP contribution is 1.84. The van der Waals surface area contributed by atoms with E-state index in [-0.39, 0.29) is 17.4 Å². The van der Waals surface area contributed by atoms with Crippen molar-refractivity contribution < 1.29 is 25.6 Å². The summed E-state index contributed by atoms with van der Waals surface area (Å²) in [7, 11) is 0. The van der Waals surface area contributed by atoms with Crippen LogP contribution in [0.3, 0.4) is 0 Å².